The van der Waals surface area contributed by atoms with Gasteiger partial charge in [-0.1, -0.05) is 55.8 Å². The zero-order valence-electron chi connectivity index (χ0n) is 21.7. The molecule has 2 aromatic rings. The Hall–Kier alpha value is -2.66. The zero-order chi connectivity index (χ0) is 25.9. The predicted molar refractivity (Wildman–Crippen MR) is 144 cm³/mol. The van der Waals surface area contributed by atoms with Gasteiger partial charge in [0.15, 0.2) is 0 Å². The Morgan fingerprint density at radius 1 is 0.973 bits per heavy atom. The number of halogens is 1. The predicted octanol–water partition coefficient (Wildman–Crippen LogP) is 6.34. The lowest BCUT2D eigenvalue weighted by molar-refractivity contribution is -0.162. The SMILES string of the molecule is CC(C)c1ccc(N2C(=O)CC(N(Cc3ccccc3Cl)C(=O)C34CC5CC(CC(C5)C3)C4)C2=O)cc1. The molecule has 7 rings (SSSR count). The molecule has 4 saturated carbocycles. The van der Waals surface area contributed by atoms with E-state index >= 15 is 0 Å². The second kappa shape index (κ2) is 9.27. The van der Waals surface area contributed by atoms with Crippen molar-refractivity contribution in [3.63, 3.8) is 0 Å². The summed E-state index contributed by atoms with van der Waals surface area (Å²) < 4.78 is 0. The second-order valence-electron chi connectivity index (χ2n) is 12.3. The van der Waals surface area contributed by atoms with E-state index in [4.69, 9.17) is 11.6 Å². The molecule has 5 aliphatic rings. The number of amides is 3. The molecule has 0 N–H and O–H groups in total. The lowest BCUT2D eigenvalue weighted by Crippen LogP contribution is -2.57. The maximum absolute atomic E-state index is 14.5. The van der Waals surface area contributed by atoms with Crippen molar-refractivity contribution in [2.24, 2.45) is 23.2 Å². The number of rotatable bonds is 6. The minimum atomic E-state index is -0.811. The van der Waals surface area contributed by atoms with E-state index in [2.05, 4.69) is 13.8 Å². The van der Waals surface area contributed by atoms with E-state index < -0.39 is 11.5 Å². The van der Waals surface area contributed by atoms with Gasteiger partial charge in [0.25, 0.3) is 5.91 Å². The molecule has 194 valence electrons. The first kappa shape index (κ1) is 24.7. The van der Waals surface area contributed by atoms with Crippen LogP contribution in [0.15, 0.2) is 48.5 Å². The minimum absolute atomic E-state index is 0.00727. The number of nitrogens with zero attached hydrogens (tertiary/aromatic N) is 2. The van der Waals surface area contributed by atoms with Crippen molar-refractivity contribution < 1.29 is 14.4 Å². The molecule has 0 aromatic heterocycles. The molecule has 0 spiro atoms. The fraction of sp³-hybridized carbons (Fsp3) is 0.516. The Labute approximate surface area is 224 Å². The number of benzene rings is 2. The van der Waals surface area contributed by atoms with Gasteiger partial charge in [-0.25, -0.2) is 4.90 Å². The van der Waals surface area contributed by atoms with Gasteiger partial charge in [-0.3, -0.25) is 14.4 Å². The average molecular weight is 519 g/mol. The van der Waals surface area contributed by atoms with Gasteiger partial charge in [0.2, 0.25) is 11.8 Å². The van der Waals surface area contributed by atoms with Crippen LogP contribution in [0.2, 0.25) is 5.02 Å². The summed E-state index contributed by atoms with van der Waals surface area (Å²) in [6.45, 7) is 4.46. The van der Waals surface area contributed by atoms with Gasteiger partial charge >= 0.3 is 0 Å². The molecule has 37 heavy (non-hydrogen) atoms. The Bertz CT molecular complexity index is 1200. The molecule has 5 fully saturated rings. The van der Waals surface area contributed by atoms with E-state index in [-0.39, 0.29) is 30.7 Å². The molecule has 1 unspecified atom stereocenters. The van der Waals surface area contributed by atoms with E-state index in [1.54, 1.807) is 4.90 Å². The lowest BCUT2D eigenvalue weighted by atomic mass is 9.49. The monoisotopic (exact) mass is 518 g/mol. The van der Waals surface area contributed by atoms with Crippen molar-refractivity contribution in [2.45, 2.75) is 77.3 Å². The van der Waals surface area contributed by atoms with Crippen molar-refractivity contribution in [1.82, 2.24) is 4.90 Å². The van der Waals surface area contributed by atoms with Crippen LogP contribution in [0.4, 0.5) is 5.69 Å². The van der Waals surface area contributed by atoms with E-state index in [0.29, 0.717) is 34.4 Å². The molecule has 1 atom stereocenters. The standard InChI is InChI=1S/C31H35ClN2O3/c1-19(2)23-7-9-25(10-8-23)34-28(35)14-27(29(34)36)33(18-24-5-3-4-6-26(24)32)30(37)31-15-20-11-21(16-31)13-22(12-20)17-31/h3-10,19-22,27H,11-18H2,1-2H3. The Balaban J connectivity index is 1.34. The Morgan fingerprint density at radius 2 is 1.57 bits per heavy atom. The van der Waals surface area contributed by atoms with Crippen LogP contribution in [0, 0.1) is 23.2 Å². The number of hydrogen-bond acceptors (Lipinski definition) is 3. The van der Waals surface area contributed by atoms with Crippen molar-refractivity contribution in [1.29, 1.82) is 0 Å². The van der Waals surface area contributed by atoms with E-state index in [1.165, 1.54) is 24.2 Å². The fourth-order valence-electron chi connectivity index (χ4n) is 7.95. The van der Waals surface area contributed by atoms with E-state index in [1.807, 2.05) is 48.5 Å². The quantitative estimate of drug-likeness (QED) is 0.419. The summed E-state index contributed by atoms with van der Waals surface area (Å²) in [6, 6.07) is 14.3. The molecule has 1 aliphatic heterocycles. The molecule has 1 saturated heterocycles. The van der Waals surface area contributed by atoms with Crippen LogP contribution in [0.3, 0.4) is 0 Å². The molecular weight excluding hydrogens is 484 g/mol. The largest absolute Gasteiger partial charge is 0.325 e. The van der Waals surface area contributed by atoms with E-state index in [0.717, 1.165) is 30.4 Å². The first-order chi connectivity index (χ1) is 17.7. The van der Waals surface area contributed by atoms with Gasteiger partial charge in [0.05, 0.1) is 17.5 Å². The van der Waals surface area contributed by atoms with Crippen LogP contribution in [-0.2, 0) is 20.9 Å². The van der Waals surface area contributed by atoms with Crippen LogP contribution in [0.5, 0.6) is 0 Å². The molecule has 3 amide bonds. The first-order valence-electron chi connectivity index (χ1n) is 13.8. The molecule has 5 nitrogen and oxygen atoms in total. The third kappa shape index (κ3) is 4.29. The summed E-state index contributed by atoms with van der Waals surface area (Å²) in [5.41, 5.74) is 2.12. The highest BCUT2D eigenvalue weighted by atomic mass is 35.5. The average Bonchev–Trinajstić information content (AvgIpc) is 3.15. The van der Waals surface area contributed by atoms with Crippen LogP contribution < -0.4 is 4.90 Å². The number of hydrogen-bond donors (Lipinski definition) is 0. The Morgan fingerprint density at radius 3 is 2.14 bits per heavy atom. The summed E-state index contributed by atoms with van der Waals surface area (Å²) in [7, 11) is 0. The van der Waals surface area contributed by atoms with Gasteiger partial charge in [0, 0.05) is 11.6 Å². The molecule has 0 radical (unpaired) electrons. The van der Waals surface area contributed by atoms with Gasteiger partial charge < -0.3 is 4.90 Å². The van der Waals surface area contributed by atoms with Crippen LogP contribution in [0.25, 0.3) is 0 Å². The highest BCUT2D eigenvalue weighted by Crippen LogP contribution is 2.61. The van der Waals surface area contributed by atoms with Gasteiger partial charge in [0.1, 0.15) is 6.04 Å². The van der Waals surface area contributed by atoms with Crippen LogP contribution in [-0.4, -0.2) is 28.7 Å². The summed E-state index contributed by atoms with van der Waals surface area (Å²) in [4.78, 5) is 44.6. The smallest absolute Gasteiger partial charge is 0.257 e. The minimum Gasteiger partial charge on any atom is -0.325 e. The number of imide groups is 1. The summed E-state index contributed by atoms with van der Waals surface area (Å²) in [5, 5.41) is 0.573. The molecule has 1 heterocycles. The fourth-order valence-corrected chi connectivity index (χ4v) is 8.15. The zero-order valence-corrected chi connectivity index (χ0v) is 22.4. The highest BCUT2D eigenvalue weighted by molar-refractivity contribution is 6.31. The molecule has 4 aliphatic carbocycles. The van der Waals surface area contributed by atoms with Crippen molar-refractivity contribution in [3.8, 4) is 0 Å². The highest BCUT2D eigenvalue weighted by Gasteiger charge is 2.57. The Kier molecular flexibility index (Phi) is 6.18. The maximum Gasteiger partial charge on any atom is 0.257 e. The van der Waals surface area contributed by atoms with E-state index in [9.17, 15) is 14.4 Å². The topological polar surface area (TPSA) is 57.7 Å². The van der Waals surface area contributed by atoms with Crippen molar-refractivity contribution in [3.05, 3.63) is 64.7 Å². The normalized spacial score (nSPS) is 30.4. The molecule has 2 aromatic carbocycles. The second-order valence-corrected chi connectivity index (χ2v) is 12.7. The van der Waals surface area contributed by atoms with Gasteiger partial charge in [-0.05, 0) is 91.5 Å². The third-order valence-corrected chi connectivity index (χ3v) is 9.74. The summed E-state index contributed by atoms with van der Waals surface area (Å²) in [5.74, 6) is 1.66. The number of carbonyl (C=O) groups is 3. The molecule has 6 heteroatoms. The van der Waals surface area contributed by atoms with Gasteiger partial charge in [-0.15, -0.1) is 0 Å². The first-order valence-corrected chi connectivity index (χ1v) is 14.1. The number of carbonyl (C=O) groups excluding carboxylic acids is 3. The maximum atomic E-state index is 14.5. The van der Waals surface area contributed by atoms with Crippen LogP contribution >= 0.6 is 11.6 Å². The summed E-state index contributed by atoms with van der Waals surface area (Å²) >= 11 is 6.53. The van der Waals surface area contributed by atoms with Crippen molar-refractivity contribution in [2.75, 3.05) is 4.90 Å². The third-order valence-electron chi connectivity index (χ3n) is 9.37. The van der Waals surface area contributed by atoms with Crippen LogP contribution in [0.1, 0.15) is 75.8 Å². The molecular formula is C31H35ClN2O3. The molecule has 4 bridgehead atoms. The van der Waals surface area contributed by atoms with Gasteiger partial charge in [-0.2, -0.15) is 0 Å². The lowest BCUT2D eigenvalue weighted by Gasteiger charge is -2.57. The number of anilines is 1. The van der Waals surface area contributed by atoms with Crippen molar-refractivity contribution >= 4 is 35.0 Å². The summed E-state index contributed by atoms with van der Waals surface area (Å²) in [6.07, 6.45) is 6.44.